The van der Waals surface area contributed by atoms with E-state index in [0.717, 1.165) is 31.7 Å². The van der Waals surface area contributed by atoms with Crippen molar-refractivity contribution in [1.82, 2.24) is 5.32 Å². The van der Waals surface area contributed by atoms with Crippen molar-refractivity contribution in [3.63, 3.8) is 0 Å². The van der Waals surface area contributed by atoms with E-state index in [4.69, 9.17) is 0 Å². The normalized spacial score (nSPS) is 23.1. The van der Waals surface area contributed by atoms with E-state index in [9.17, 15) is 4.79 Å². The van der Waals surface area contributed by atoms with Crippen LogP contribution in [0.2, 0.25) is 0 Å². The lowest BCUT2D eigenvalue weighted by atomic mass is 9.94. The van der Waals surface area contributed by atoms with Crippen molar-refractivity contribution >= 4 is 56.2 Å². The number of halogens is 2. The highest BCUT2D eigenvalue weighted by molar-refractivity contribution is 14.1. The van der Waals surface area contributed by atoms with Crippen LogP contribution >= 0.6 is 50.3 Å². The molecule has 1 saturated carbocycles. The molecule has 1 aliphatic carbocycles. The van der Waals surface area contributed by atoms with E-state index in [-0.39, 0.29) is 5.91 Å². The van der Waals surface area contributed by atoms with Crippen LogP contribution in [-0.4, -0.2) is 23.5 Å². The molecule has 0 saturated heterocycles. The van der Waals surface area contributed by atoms with E-state index < -0.39 is 0 Å². The van der Waals surface area contributed by atoms with Crippen LogP contribution in [0.4, 0.5) is 0 Å². The van der Waals surface area contributed by atoms with Crippen molar-refractivity contribution in [2.45, 2.75) is 37.0 Å². The maximum absolute atomic E-state index is 12.3. The molecule has 0 atom stereocenters. The minimum Gasteiger partial charge on any atom is -0.349 e. The molecule has 0 spiro atoms. The van der Waals surface area contributed by atoms with E-state index >= 15 is 0 Å². The predicted molar refractivity (Wildman–Crippen MR) is 93.9 cm³/mol. The van der Waals surface area contributed by atoms with Gasteiger partial charge in [0.15, 0.2) is 0 Å². The summed E-state index contributed by atoms with van der Waals surface area (Å²) in [4.78, 5) is 12.3. The number of carbonyl (C=O) groups is 1. The standard InChI is InChI=1S/C14H17BrINOS/c1-19-11-5-3-10(4-6-11)17-14(18)12-8-9(15)2-7-13(12)16/h2,7-8,10-11H,3-6H2,1H3,(H,17,18). The summed E-state index contributed by atoms with van der Waals surface area (Å²) < 4.78 is 1.94. The molecule has 1 fully saturated rings. The molecule has 0 radical (unpaired) electrons. The first-order valence-electron chi connectivity index (χ1n) is 6.39. The summed E-state index contributed by atoms with van der Waals surface area (Å²) in [5, 5.41) is 3.95. The van der Waals surface area contributed by atoms with Crippen molar-refractivity contribution in [3.05, 3.63) is 31.8 Å². The van der Waals surface area contributed by atoms with Crippen LogP contribution in [0, 0.1) is 3.57 Å². The fourth-order valence-electron chi connectivity index (χ4n) is 2.38. The molecule has 1 aromatic carbocycles. The fourth-order valence-corrected chi connectivity index (χ4v) is 4.06. The molecule has 2 rings (SSSR count). The topological polar surface area (TPSA) is 29.1 Å². The highest BCUT2D eigenvalue weighted by Crippen LogP contribution is 2.27. The molecule has 1 aromatic rings. The van der Waals surface area contributed by atoms with Crippen molar-refractivity contribution in [2.75, 3.05) is 6.26 Å². The minimum atomic E-state index is 0.0540. The SMILES string of the molecule is CSC1CCC(NC(=O)c2cc(Br)ccc2I)CC1. The summed E-state index contributed by atoms with van der Waals surface area (Å²) >= 11 is 7.58. The van der Waals surface area contributed by atoms with Crippen LogP contribution < -0.4 is 5.32 Å². The van der Waals surface area contributed by atoms with Gasteiger partial charge in [-0.2, -0.15) is 11.8 Å². The fraction of sp³-hybridized carbons (Fsp3) is 0.500. The molecule has 0 aromatic heterocycles. The molecule has 19 heavy (non-hydrogen) atoms. The third-order valence-electron chi connectivity index (χ3n) is 3.52. The van der Waals surface area contributed by atoms with Crippen LogP contribution in [0.25, 0.3) is 0 Å². The molecule has 0 aliphatic heterocycles. The van der Waals surface area contributed by atoms with E-state index in [1.807, 2.05) is 30.0 Å². The van der Waals surface area contributed by atoms with Gasteiger partial charge in [0, 0.05) is 19.3 Å². The van der Waals surface area contributed by atoms with Gasteiger partial charge in [-0.05, 0) is 72.7 Å². The van der Waals surface area contributed by atoms with Crippen molar-refractivity contribution < 1.29 is 4.79 Å². The largest absolute Gasteiger partial charge is 0.349 e. The molecule has 1 N–H and O–H groups in total. The van der Waals surface area contributed by atoms with E-state index in [1.165, 1.54) is 12.8 Å². The Morgan fingerprint density at radius 2 is 2.05 bits per heavy atom. The lowest BCUT2D eigenvalue weighted by Crippen LogP contribution is -2.38. The zero-order valence-electron chi connectivity index (χ0n) is 10.8. The smallest absolute Gasteiger partial charge is 0.252 e. The summed E-state index contributed by atoms with van der Waals surface area (Å²) in [6.07, 6.45) is 6.79. The number of thioether (sulfide) groups is 1. The molecule has 0 heterocycles. The Bertz CT molecular complexity index is 461. The quantitative estimate of drug-likeness (QED) is 0.684. The van der Waals surface area contributed by atoms with Gasteiger partial charge in [0.25, 0.3) is 5.91 Å². The first-order valence-corrected chi connectivity index (χ1v) is 9.55. The van der Waals surface area contributed by atoms with Gasteiger partial charge in [0.1, 0.15) is 0 Å². The average molecular weight is 454 g/mol. The zero-order chi connectivity index (χ0) is 13.8. The zero-order valence-corrected chi connectivity index (χ0v) is 15.3. The van der Waals surface area contributed by atoms with Gasteiger partial charge in [-0.15, -0.1) is 0 Å². The Labute approximate surface area is 140 Å². The number of amides is 1. The Morgan fingerprint density at radius 1 is 1.37 bits per heavy atom. The van der Waals surface area contributed by atoms with Crippen LogP contribution in [0.1, 0.15) is 36.0 Å². The van der Waals surface area contributed by atoms with Gasteiger partial charge >= 0.3 is 0 Å². The van der Waals surface area contributed by atoms with Crippen LogP contribution in [0.15, 0.2) is 22.7 Å². The van der Waals surface area contributed by atoms with Gasteiger partial charge in [-0.3, -0.25) is 4.79 Å². The molecular formula is C14H17BrINOS. The van der Waals surface area contributed by atoms with Crippen LogP contribution in [-0.2, 0) is 0 Å². The maximum Gasteiger partial charge on any atom is 0.252 e. The Kier molecular flexibility index (Phi) is 6.02. The van der Waals surface area contributed by atoms with E-state index in [0.29, 0.717) is 6.04 Å². The van der Waals surface area contributed by atoms with E-state index in [2.05, 4.69) is 50.1 Å². The summed E-state index contributed by atoms with van der Waals surface area (Å²) in [5.74, 6) is 0.0540. The lowest BCUT2D eigenvalue weighted by molar-refractivity contribution is 0.0927. The number of hydrogen-bond acceptors (Lipinski definition) is 2. The highest BCUT2D eigenvalue weighted by Gasteiger charge is 2.22. The minimum absolute atomic E-state index is 0.0540. The number of benzene rings is 1. The summed E-state index contributed by atoms with van der Waals surface area (Å²) in [5.41, 5.74) is 0.766. The van der Waals surface area contributed by atoms with Crippen molar-refractivity contribution in [3.8, 4) is 0 Å². The van der Waals surface area contributed by atoms with Crippen molar-refractivity contribution in [2.24, 2.45) is 0 Å². The first-order chi connectivity index (χ1) is 9.10. The number of nitrogens with one attached hydrogen (secondary N) is 1. The second-order valence-electron chi connectivity index (χ2n) is 4.81. The molecule has 1 aliphatic rings. The average Bonchev–Trinajstić information content (AvgIpc) is 2.42. The van der Waals surface area contributed by atoms with Gasteiger partial charge in [-0.1, -0.05) is 15.9 Å². The molecule has 0 bridgehead atoms. The Morgan fingerprint density at radius 3 is 2.68 bits per heavy atom. The first kappa shape index (κ1) is 15.6. The maximum atomic E-state index is 12.3. The monoisotopic (exact) mass is 453 g/mol. The molecule has 0 unspecified atom stereocenters. The van der Waals surface area contributed by atoms with Crippen LogP contribution in [0.5, 0.6) is 0 Å². The summed E-state index contributed by atoms with van der Waals surface area (Å²) in [6, 6.07) is 6.16. The summed E-state index contributed by atoms with van der Waals surface area (Å²) in [6.45, 7) is 0. The Hall–Kier alpha value is 0.250. The van der Waals surface area contributed by atoms with Gasteiger partial charge in [0.2, 0.25) is 0 Å². The van der Waals surface area contributed by atoms with Gasteiger partial charge in [0.05, 0.1) is 5.56 Å². The Balaban J connectivity index is 1.96. The summed E-state index contributed by atoms with van der Waals surface area (Å²) in [7, 11) is 0. The molecular weight excluding hydrogens is 437 g/mol. The number of carbonyl (C=O) groups excluding carboxylic acids is 1. The predicted octanol–water partition coefficient (Wildman–Crippen LogP) is 4.46. The highest BCUT2D eigenvalue weighted by atomic mass is 127. The molecule has 104 valence electrons. The second-order valence-corrected chi connectivity index (χ2v) is 8.02. The molecule has 5 heteroatoms. The molecule has 2 nitrogen and oxygen atoms in total. The third-order valence-corrected chi connectivity index (χ3v) is 6.09. The van der Waals surface area contributed by atoms with Crippen LogP contribution in [0.3, 0.4) is 0 Å². The third kappa shape index (κ3) is 4.36. The molecule has 1 amide bonds. The van der Waals surface area contributed by atoms with Crippen molar-refractivity contribution in [1.29, 1.82) is 0 Å². The second kappa shape index (κ2) is 7.31. The van der Waals surface area contributed by atoms with E-state index in [1.54, 1.807) is 0 Å². The lowest BCUT2D eigenvalue weighted by Gasteiger charge is -2.28. The van der Waals surface area contributed by atoms with Gasteiger partial charge < -0.3 is 5.32 Å². The number of hydrogen-bond donors (Lipinski definition) is 1. The number of rotatable bonds is 3. The van der Waals surface area contributed by atoms with Gasteiger partial charge in [-0.25, -0.2) is 0 Å².